The zero-order chi connectivity index (χ0) is 26.6. The van der Waals surface area contributed by atoms with Crippen molar-refractivity contribution in [2.24, 2.45) is 34.0 Å². The summed E-state index contributed by atoms with van der Waals surface area (Å²) in [6.07, 6.45) is -0.301. The van der Waals surface area contributed by atoms with Crippen LogP contribution in [-0.4, -0.2) is 56.5 Å². The molecule has 0 saturated heterocycles. The Morgan fingerprint density at radius 2 is 1.89 bits per heavy atom. The molecule has 3 saturated carbocycles. The van der Waals surface area contributed by atoms with Gasteiger partial charge in [0.1, 0.15) is 18.0 Å². The van der Waals surface area contributed by atoms with Gasteiger partial charge in [0.15, 0.2) is 11.5 Å². The second kappa shape index (κ2) is 9.96. The normalized spacial score (nSPS) is 40.9. The third-order valence-corrected chi connectivity index (χ3v) is 9.71. The Labute approximate surface area is 222 Å². The van der Waals surface area contributed by atoms with E-state index in [0.29, 0.717) is 6.42 Å². The van der Waals surface area contributed by atoms with Crippen molar-refractivity contribution < 1.29 is 29.3 Å². The predicted octanol–water partition coefficient (Wildman–Crippen LogP) is 2.68. The third kappa shape index (κ3) is 4.42. The number of nitrogens with one attached hydrogen (secondary N) is 1. The Balaban J connectivity index is 0.00000380. The van der Waals surface area contributed by atoms with Crippen molar-refractivity contribution in [3.05, 3.63) is 30.5 Å². The molecule has 1 heterocycles. The molecular formula is C26H37ClN4O6. The molecule has 5 N–H and O–H groups in total. The minimum Gasteiger partial charge on any atom is -0.445 e. The van der Waals surface area contributed by atoms with Gasteiger partial charge in [-0.3, -0.25) is 14.9 Å². The average molecular weight is 537 g/mol. The minimum atomic E-state index is -1.14. The highest BCUT2D eigenvalue weighted by atomic mass is 35.5. The van der Waals surface area contributed by atoms with E-state index >= 15 is 0 Å². The maximum atomic E-state index is 13.5. The van der Waals surface area contributed by atoms with Crippen LogP contribution >= 0.6 is 12.4 Å². The number of aromatic nitrogens is 2. The van der Waals surface area contributed by atoms with Gasteiger partial charge in [-0.1, -0.05) is 33.8 Å². The minimum absolute atomic E-state index is 0. The van der Waals surface area contributed by atoms with Crippen molar-refractivity contribution in [3.63, 3.8) is 0 Å². The number of amides is 2. The van der Waals surface area contributed by atoms with Gasteiger partial charge in [-0.05, 0) is 55.1 Å². The molecule has 3 aliphatic carbocycles. The predicted molar refractivity (Wildman–Crippen MR) is 138 cm³/mol. The summed E-state index contributed by atoms with van der Waals surface area (Å²) in [4.78, 5) is 39.0. The number of ketones is 1. The van der Waals surface area contributed by atoms with E-state index in [1.807, 2.05) is 27.7 Å². The molecule has 0 radical (unpaired) electrons. The van der Waals surface area contributed by atoms with Crippen molar-refractivity contribution in [2.75, 3.05) is 5.73 Å². The summed E-state index contributed by atoms with van der Waals surface area (Å²) >= 11 is 0. The van der Waals surface area contributed by atoms with E-state index in [9.17, 15) is 24.6 Å². The smallest absolute Gasteiger partial charge is 0.414 e. The molecule has 10 nitrogen and oxygen atoms in total. The molecule has 0 aliphatic heterocycles. The van der Waals surface area contributed by atoms with Crippen molar-refractivity contribution >= 4 is 36.0 Å². The highest BCUT2D eigenvalue weighted by Crippen LogP contribution is 2.67. The number of ether oxygens (including phenoxy) is 1. The molecule has 0 aromatic carbocycles. The van der Waals surface area contributed by atoms with Gasteiger partial charge in [0, 0.05) is 16.7 Å². The Morgan fingerprint density at radius 3 is 2.49 bits per heavy atom. The monoisotopic (exact) mass is 536 g/mol. The molecule has 11 heteroatoms. The van der Waals surface area contributed by atoms with Gasteiger partial charge in [0.2, 0.25) is 0 Å². The Morgan fingerprint density at radius 1 is 1.22 bits per heavy atom. The number of carbonyl (C=O) groups is 3. The fraction of sp³-hybridized carbons (Fsp3) is 0.654. The molecule has 3 aliphatic rings. The molecule has 9 atom stereocenters. The second-order valence-electron chi connectivity index (χ2n) is 11.4. The van der Waals surface area contributed by atoms with E-state index in [0.717, 1.165) is 6.42 Å². The molecule has 0 spiro atoms. The summed E-state index contributed by atoms with van der Waals surface area (Å²) in [5, 5.41) is 31.8. The fourth-order valence-corrected chi connectivity index (χ4v) is 7.26. The first-order chi connectivity index (χ1) is 16.8. The molecule has 1 aromatic heterocycles. The molecule has 2 amide bonds. The van der Waals surface area contributed by atoms with Gasteiger partial charge in [0.05, 0.1) is 6.10 Å². The quantitative estimate of drug-likeness (QED) is 0.425. The van der Waals surface area contributed by atoms with Crippen LogP contribution in [-0.2, 0) is 9.53 Å². The van der Waals surface area contributed by atoms with Gasteiger partial charge in [-0.25, -0.2) is 4.79 Å². The van der Waals surface area contributed by atoms with Crippen molar-refractivity contribution in [2.45, 2.75) is 71.7 Å². The standard InChI is InChI=1S/C26H36N4O6.ClH/c1-6-24(4)12-17(36-23(35)28-22(34)15-7-8-18(27)30-29-15)25(5)13(2)9-10-26(14(3)21(24)33)11-16(31)19(32)20(25)26;/h6-8,13-14,16-17,20-21,31,33H,1,9-12H2,2-5H3,(H2,27,30)(H,28,34,35);1H/t13?,14-,16-,17+,20?,21-,24+,25-,26-;/m0./s1. The summed E-state index contributed by atoms with van der Waals surface area (Å²) in [5.41, 5.74) is 3.07. The summed E-state index contributed by atoms with van der Waals surface area (Å²) in [6.45, 7) is 11.7. The van der Waals surface area contributed by atoms with E-state index in [1.54, 1.807) is 6.08 Å². The Bertz CT molecular complexity index is 1090. The number of hydrogen-bond donors (Lipinski definition) is 4. The molecule has 204 valence electrons. The largest absolute Gasteiger partial charge is 0.445 e. The Kier molecular flexibility index (Phi) is 7.81. The number of nitrogens with zero attached hydrogens (tertiary/aromatic N) is 2. The highest BCUT2D eigenvalue weighted by molar-refractivity contribution is 6.01. The molecule has 4 rings (SSSR count). The topological polar surface area (TPSA) is 165 Å². The molecule has 1 aromatic rings. The van der Waals surface area contributed by atoms with Crippen molar-refractivity contribution in [1.29, 1.82) is 0 Å². The summed E-state index contributed by atoms with van der Waals surface area (Å²) in [5.74, 6) is -1.88. The molecule has 37 heavy (non-hydrogen) atoms. The first kappa shape index (κ1) is 29.0. The summed E-state index contributed by atoms with van der Waals surface area (Å²) in [6, 6.07) is 2.73. The third-order valence-electron chi connectivity index (χ3n) is 9.71. The van der Waals surface area contributed by atoms with Gasteiger partial charge >= 0.3 is 6.09 Å². The van der Waals surface area contributed by atoms with Crippen LogP contribution in [0.5, 0.6) is 0 Å². The number of alkyl carbamates (subject to hydrolysis) is 1. The first-order valence-electron chi connectivity index (χ1n) is 12.4. The van der Waals surface area contributed by atoms with Crippen LogP contribution in [0, 0.1) is 34.0 Å². The fourth-order valence-electron chi connectivity index (χ4n) is 7.26. The van der Waals surface area contributed by atoms with Crippen LogP contribution in [0.1, 0.15) is 63.9 Å². The summed E-state index contributed by atoms with van der Waals surface area (Å²) < 4.78 is 5.93. The van der Waals surface area contributed by atoms with E-state index in [1.165, 1.54) is 12.1 Å². The first-order valence-corrected chi connectivity index (χ1v) is 12.4. The van der Waals surface area contributed by atoms with Gasteiger partial charge in [-0.2, -0.15) is 0 Å². The van der Waals surface area contributed by atoms with E-state index < -0.39 is 52.5 Å². The van der Waals surface area contributed by atoms with Crippen molar-refractivity contribution in [1.82, 2.24) is 15.5 Å². The lowest BCUT2D eigenvalue weighted by Gasteiger charge is -2.61. The Hall–Kier alpha value is -2.56. The highest BCUT2D eigenvalue weighted by Gasteiger charge is 2.70. The number of nitrogen functional groups attached to an aromatic ring is 1. The number of rotatable bonds is 3. The number of hydrogen-bond acceptors (Lipinski definition) is 9. The lowest BCUT2D eigenvalue weighted by molar-refractivity contribution is -0.191. The number of Topliss-reactive ketones (excluding diaryl/α,β-unsaturated/α-hetero) is 1. The zero-order valence-corrected chi connectivity index (χ0v) is 22.5. The second-order valence-corrected chi connectivity index (χ2v) is 11.4. The maximum absolute atomic E-state index is 13.5. The SMILES string of the molecule is C=C[C@]1(C)C[C@@H](OC(=O)NC(=O)c2ccc(N)nn2)[C@]2(C)C(C)CC[C@]3(C[C@H](O)C(=O)C32)[C@@H](C)[C@@H]1O.Cl. The van der Waals surface area contributed by atoms with E-state index in [2.05, 4.69) is 22.1 Å². The average Bonchev–Trinajstić information content (AvgIpc) is 3.11. The van der Waals surface area contributed by atoms with Crippen LogP contribution < -0.4 is 11.1 Å². The molecular weight excluding hydrogens is 500 g/mol. The maximum Gasteiger partial charge on any atom is 0.414 e. The van der Waals surface area contributed by atoms with Crippen LogP contribution in [0.4, 0.5) is 10.6 Å². The number of aliphatic hydroxyl groups excluding tert-OH is 2. The number of imide groups is 1. The van der Waals surface area contributed by atoms with Gasteiger partial charge in [-0.15, -0.1) is 29.2 Å². The van der Waals surface area contributed by atoms with Crippen LogP contribution in [0.2, 0.25) is 0 Å². The summed E-state index contributed by atoms with van der Waals surface area (Å²) in [7, 11) is 0. The molecule has 2 bridgehead atoms. The van der Waals surface area contributed by atoms with Crippen LogP contribution in [0.25, 0.3) is 0 Å². The van der Waals surface area contributed by atoms with E-state index in [-0.39, 0.29) is 54.4 Å². The molecule has 2 unspecified atom stereocenters. The number of nitrogens with two attached hydrogens (primary N) is 1. The van der Waals surface area contributed by atoms with Crippen LogP contribution in [0.15, 0.2) is 24.8 Å². The number of anilines is 1. The number of aliphatic hydroxyl groups is 2. The number of halogens is 1. The lowest BCUT2D eigenvalue weighted by Crippen LogP contribution is -2.63. The van der Waals surface area contributed by atoms with Crippen LogP contribution in [0.3, 0.4) is 0 Å². The van der Waals surface area contributed by atoms with Gasteiger partial charge in [0.25, 0.3) is 5.91 Å². The lowest BCUT2D eigenvalue weighted by atomic mass is 9.44. The molecule has 3 fully saturated rings. The van der Waals surface area contributed by atoms with E-state index in [4.69, 9.17) is 10.5 Å². The number of carbonyl (C=O) groups excluding carboxylic acids is 3. The van der Waals surface area contributed by atoms with Crippen molar-refractivity contribution in [3.8, 4) is 0 Å². The van der Waals surface area contributed by atoms with Gasteiger partial charge < -0.3 is 20.7 Å². The zero-order valence-electron chi connectivity index (χ0n) is 21.6.